The standard InChI is InChI=1S/C24H32N8O4S12/c1-9-37-17-25-26-19(45-17)39-11-3-34-5-13-41-21-29-30-23(47-21)43-15-7-36-8-16-44-24-32-31-22(48-24)42-14-6-35-4-12-40-20-28-27-18(46-20)38-10-2-33-1/h1-16H2. The molecule has 48 heavy (non-hydrogen) atoms. The first-order valence-corrected chi connectivity index (χ1v) is 25.6. The van der Waals surface area contributed by atoms with Crippen molar-refractivity contribution in [2.45, 2.75) is 34.7 Å². The maximum Gasteiger partial charge on any atom is 0.175 e. The van der Waals surface area contributed by atoms with Crippen LogP contribution in [-0.4, -0.2) is 140 Å². The highest BCUT2D eigenvalue weighted by Gasteiger charge is 2.10. The summed E-state index contributed by atoms with van der Waals surface area (Å²) in [5.41, 5.74) is 0. The van der Waals surface area contributed by atoms with Crippen LogP contribution < -0.4 is 0 Å². The summed E-state index contributed by atoms with van der Waals surface area (Å²) < 4.78 is 31.0. The van der Waals surface area contributed by atoms with Gasteiger partial charge in [0.1, 0.15) is 0 Å². The smallest absolute Gasteiger partial charge is 0.175 e. The van der Waals surface area contributed by atoms with Gasteiger partial charge in [0.25, 0.3) is 0 Å². The highest BCUT2D eigenvalue weighted by molar-refractivity contribution is 8.04. The van der Waals surface area contributed by atoms with Crippen molar-refractivity contribution >= 4 is 139 Å². The van der Waals surface area contributed by atoms with Crippen LogP contribution in [0.1, 0.15) is 0 Å². The summed E-state index contributed by atoms with van der Waals surface area (Å²) in [6.45, 7) is 5.35. The lowest BCUT2D eigenvalue weighted by molar-refractivity contribution is 0.167. The summed E-state index contributed by atoms with van der Waals surface area (Å²) in [4.78, 5) is 0. The van der Waals surface area contributed by atoms with Crippen LogP contribution >= 0.6 is 139 Å². The molecule has 264 valence electrons. The highest BCUT2D eigenvalue weighted by atomic mass is 32.2. The van der Waals surface area contributed by atoms with Gasteiger partial charge in [0.05, 0.1) is 52.9 Å². The number of hydrogen-bond donors (Lipinski definition) is 0. The number of ether oxygens (including phenoxy) is 4. The molecule has 0 N–H and O–H groups in total. The predicted molar refractivity (Wildman–Crippen MR) is 209 cm³/mol. The van der Waals surface area contributed by atoms with E-state index in [0.717, 1.165) is 80.7 Å². The summed E-state index contributed by atoms with van der Waals surface area (Å²) in [5, 5.41) is 34.4. The molecule has 4 aromatic heterocycles. The fourth-order valence-electron chi connectivity index (χ4n) is 3.17. The van der Waals surface area contributed by atoms with Crippen LogP contribution in [-0.2, 0) is 18.9 Å². The minimum absolute atomic E-state index is 0.669. The third-order valence-electron chi connectivity index (χ3n) is 5.18. The molecule has 0 amide bonds. The van der Waals surface area contributed by atoms with E-state index < -0.39 is 0 Å². The number of aromatic nitrogens is 8. The van der Waals surface area contributed by atoms with E-state index in [1.165, 1.54) is 0 Å². The molecule has 5 rings (SSSR count). The first-order chi connectivity index (χ1) is 23.8. The van der Waals surface area contributed by atoms with Crippen molar-refractivity contribution in [3.8, 4) is 0 Å². The molecule has 0 saturated carbocycles. The molecule has 0 radical (unpaired) electrons. The zero-order valence-electron chi connectivity index (χ0n) is 25.4. The van der Waals surface area contributed by atoms with Crippen LogP contribution in [0.5, 0.6) is 0 Å². The average Bonchev–Trinajstić information content (AvgIpc) is 3.92. The first kappa shape index (κ1) is 40.1. The Hall–Kier alpha value is 0.880. The average molecular weight is 881 g/mol. The summed E-state index contributed by atoms with van der Waals surface area (Å²) >= 11 is 19.9. The molecule has 0 atom stereocenters. The molecule has 12 nitrogen and oxygen atoms in total. The molecule has 4 aromatic rings. The number of nitrogens with zero attached hydrogens (tertiary/aromatic N) is 8. The normalized spacial score (nSPS) is 19.0. The largest absolute Gasteiger partial charge is 0.380 e. The van der Waals surface area contributed by atoms with Gasteiger partial charge in [0.15, 0.2) is 34.7 Å². The molecule has 0 spiro atoms. The van der Waals surface area contributed by atoms with Crippen molar-refractivity contribution in [2.24, 2.45) is 0 Å². The maximum atomic E-state index is 5.81. The van der Waals surface area contributed by atoms with Crippen molar-refractivity contribution in [1.29, 1.82) is 0 Å². The second-order valence-corrected chi connectivity index (χ2v) is 23.2. The molecule has 5 heterocycles. The van der Waals surface area contributed by atoms with Crippen molar-refractivity contribution in [3.63, 3.8) is 0 Å². The lowest BCUT2D eigenvalue weighted by Crippen LogP contribution is -2.01. The summed E-state index contributed by atoms with van der Waals surface area (Å²) in [6.07, 6.45) is 0. The number of hydrogen-bond acceptors (Lipinski definition) is 24. The molecule has 24 heteroatoms. The Labute approximate surface area is 329 Å². The third-order valence-corrected chi connectivity index (χ3v) is 17.7. The van der Waals surface area contributed by atoms with E-state index in [1.54, 1.807) is 139 Å². The number of fused-ring (bicyclic) bond motifs is 8. The zero-order chi connectivity index (χ0) is 32.9. The molecule has 0 unspecified atom stereocenters. The lowest BCUT2D eigenvalue weighted by atomic mass is 10.8. The van der Waals surface area contributed by atoms with Crippen LogP contribution in [0.4, 0.5) is 0 Å². The van der Waals surface area contributed by atoms with Gasteiger partial charge >= 0.3 is 0 Å². The molecule has 0 saturated heterocycles. The second kappa shape index (κ2) is 25.0. The van der Waals surface area contributed by atoms with Gasteiger partial charge in [-0.3, -0.25) is 0 Å². The van der Waals surface area contributed by atoms with Gasteiger partial charge in [-0.05, 0) is 0 Å². The van der Waals surface area contributed by atoms with E-state index in [9.17, 15) is 0 Å². The van der Waals surface area contributed by atoms with E-state index in [4.69, 9.17) is 18.9 Å². The summed E-state index contributed by atoms with van der Waals surface area (Å²) in [7, 11) is 0. The second-order valence-electron chi connectivity index (χ2n) is 8.57. The maximum absolute atomic E-state index is 5.81. The summed E-state index contributed by atoms with van der Waals surface area (Å²) in [6, 6.07) is 0. The van der Waals surface area contributed by atoms with Gasteiger partial charge < -0.3 is 18.9 Å². The van der Waals surface area contributed by atoms with Crippen LogP contribution in [0.3, 0.4) is 0 Å². The van der Waals surface area contributed by atoms with Gasteiger partial charge in [-0.1, -0.05) is 139 Å². The molecule has 0 fully saturated rings. The van der Waals surface area contributed by atoms with Crippen molar-refractivity contribution in [2.75, 3.05) is 98.9 Å². The van der Waals surface area contributed by atoms with Crippen LogP contribution in [0, 0.1) is 0 Å². The van der Waals surface area contributed by atoms with Gasteiger partial charge in [0.2, 0.25) is 0 Å². The Kier molecular flexibility index (Phi) is 20.9. The van der Waals surface area contributed by atoms with Crippen LogP contribution in [0.15, 0.2) is 34.7 Å². The molecule has 0 aliphatic carbocycles. The quantitative estimate of drug-likeness (QED) is 0.179. The SMILES string of the molecule is C1CSc2nnc(s2)SCCOCCSc2nnc(s2)SCCOCCSc2nnc(s2)SCCOCCSc2nnc(s2)SCCO1. The van der Waals surface area contributed by atoms with Gasteiger partial charge in [-0.15, -0.1) is 40.8 Å². The predicted octanol–water partition coefficient (Wildman–Crippen LogP) is 7.01. The Morgan fingerprint density at radius 1 is 0.250 bits per heavy atom. The molecule has 1 aliphatic heterocycles. The minimum Gasteiger partial charge on any atom is -0.380 e. The summed E-state index contributed by atoms with van der Waals surface area (Å²) in [5.74, 6) is 6.75. The van der Waals surface area contributed by atoms with E-state index in [-0.39, 0.29) is 0 Å². The fraction of sp³-hybridized carbons (Fsp3) is 0.667. The van der Waals surface area contributed by atoms with Crippen molar-refractivity contribution in [1.82, 2.24) is 40.8 Å². The molecule has 8 bridgehead atoms. The Morgan fingerprint density at radius 3 is 0.542 bits per heavy atom. The first-order valence-electron chi connectivity index (χ1n) is 14.5. The molecule has 1 aliphatic rings. The molecular weight excluding hydrogens is 849 g/mol. The fourth-order valence-corrected chi connectivity index (χ4v) is 14.6. The van der Waals surface area contributed by atoms with E-state index >= 15 is 0 Å². The Morgan fingerprint density at radius 2 is 0.396 bits per heavy atom. The lowest BCUT2D eigenvalue weighted by Gasteiger charge is -2.02. The van der Waals surface area contributed by atoms with Gasteiger partial charge in [-0.2, -0.15) is 0 Å². The minimum atomic E-state index is 0.669. The third kappa shape index (κ3) is 16.7. The topological polar surface area (TPSA) is 140 Å². The Balaban J connectivity index is 0.995. The highest BCUT2D eigenvalue weighted by Crippen LogP contribution is 2.32. The number of rotatable bonds is 0. The van der Waals surface area contributed by atoms with Gasteiger partial charge in [0, 0.05) is 46.0 Å². The number of thioether (sulfide) groups is 8. The molecular formula is C24H32N8O4S12. The van der Waals surface area contributed by atoms with Crippen molar-refractivity contribution < 1.29 is 18.9 Å². The van der Waals surface area contributed by atoms with E-state index in [2.05, 4.69) is 40.8 Å². The van der Waals surface area contributed by atoms with E-state index in [0.29, 0.717) is 52.9 Å². The monoisotopic (exact) mass is 880 g/mol. The Bertz CT molecular complexity index is 1130. The van der Waals surface area contributed by atoms with Crippen molar-refractivity contribution in [3.05, 3.63) is 0 Å². The molecule has 0 aromatic carbocycles. The van der Waals surface area contributed by atoms with E-state index in [1.807, 2.05) is 0 Å². The van der Waals surface area contributed by atoms with Gasteiger partial charge in [-0.25, -0.2) is 0 Å². The van der Waals surface area contributed by atoms with Crippen LogP contribution in [0.25, 0.3) is 0 Å². The van der Waals surface area contributed by atoms with Crippen LogP contribution in [0.2, 0.25) is 0 Å². The zero-order valence-corrected chi connectivity index (χ0v) is 35.2.